The quantitative estimate of drug-likeness (QED) is 0.556. The fourth-order valence-corrected chi connectivity index (χ4v) is 1.09. The van der Waals surface area contributed by atoms with Crippen molar-refractivity contribution in [1.29, 1.82) is 0 Å². The number of piperidine rings is 1. The van der Waals surface area contributed by atoms with Crippen LogP contribution in [0.25, 0.3) is 4.85 Å². The summed E-state index contributed by atoms with van der Waals surface area (Å²) >= 11 is 0. The molecule has 70 valence electrons. The molecule has 12 heavy (non-hydrogen) atoms. The van der Waals surface area contributed by atoms with Crippen molar-refractivity contribution in [3.8, 4) is 0 Å². The predicted octanol–water partition coefficient (Wildman–Crippen LogP) is 1.35. The second-order valence-corrected chi connectivity index (χ2v) is 2.90. The summed E-state index contributed by atoms with van der Waals surface area (Å²) in [5, 5.41) is 9.42. The summed E-state index contributed by atoms with van der Waals surface area (Å²) in [4.78, 5) is 5.32. The highest BCUT2D eigenvalue weighted by atomic mass is 16.3. The van der Waals surface area contributed by atoms with Gasteiger partial charge in [-0.1, -0.05) is 13.8 Å². The lowest BCUT2D eigenvalue weighted by Crippen LogP contribution is -2.40. The summed E-state index contributed by atoms with van der Waals surface area (Å²) < 4.78 is 0. The number of hydrogen-bond donors (Lipinski definition) is 1. The Bertz CT molecular complexity index is 154. The summed E-state index contributed by atoms with van der Waals surface area (Å²) in [5.41, 5.74) is -1.05. The van der Waals surface area contributed by atoms with E-state index in [4.69, 9.17) is 6.57 Å². The first-order valence-electron chi connectivity index (χ1n) is 4.46. The van der Waals surface area contributed by atoms with Gasteiger partial charge >= 0.3 is 5.72 Å². The van der Waals surface area contributed by atoms with Crippen LogP contribution in [0.5, 0.6) is 0 Å². The molecule has 0 aliphatic carbocycles. The molecule has 0 amide bonds. The first-order chi connectivity index (χ1) is 5.66. The molecule has 1 rings (SSSR count). The maximum Gasteiger partial charge on any atom is 0.337 e. The SMILES string of the molecule is CC.[C-]#[N+]C1(O)CCN(C)CC1. The minimum Gasteiger partial charge on any atom is -0.324 e. The van der Waals surface area contributed by atoms with Crippen LogP contribution in [0, 0.1) is 6.57 Å². The van der Waals surface area contributed by atoms with Gasteiger partial charge < -0.3 is 10.0 Å². The molecule has 1 aliphatic rings. The number of aliphatic hydroxyl groups is 1. The molecule has 0 unspecified atom stereocenters. The molecule has 1 heterocycles. The Morgan fingerprint density at radius 2 is 1.75 bits per heavy atom. The van der Waals surface area contributed by atoms with Crippen molar-refractivity contribution in [2.45, 2.75) is 32.4 Å². The minimum atomic E-state index is -1.05. The van der Waals surface area contributed by atoms with Gasteiger partial charge in [-0.25, -0.2) is 6.57 Å². The molecule has 1 N–H and O–H groups in total. The maximum absolute atomic E-state index is 9.42. The number of likely N-dealkylation sites (tertiary alicyclic amines) is 1. The standard InChI is InChI=1S/C7H12N2O.C2H6/c1-8-7(10)3-5-9(2)6-4-7;1-2/h10H,3-6H2,2H3;1-2H3. The second-order valence-electron chi connectivity index (χ2n) is 2.90. The molecule has 3 nitrogen and oxygen atoms in total. The van der Waals surface area contributed by atoms with Gasteiger partial charge in [-0.15, -0.1) is 0 Å². The number of hydrogen-bond acceptors (Lipinski definition) is 2. The van der Waals surface area contributed by atoms with Gasteiger partial charge in [-0.3, -0.25) is 4.85 Å². The third-order valence-electron chi connectivity index (χ3n) is 2.00. The summed E-state index contributed by atoms with van der Waals surface area (Å²) in [6.07, 6.45) is 1.18. The van der Waals surface area contributed by atoms with Gasteiger partial charge in [0.1, 0.15) is 0 Å². The molecule has 1 aliphatic heterocycles. The predicted molar refractivity (Wildman–Crippen MR) is 49.6 cm³/mol. The van der Waals surface area contributed by atoms with Crippen molar-refractivity contribution in [3.63, 3.8) is 0 Å². The highest BCUT2D eigenvalue weighted by molar-refractivity contribution is 4.91. The summed E-state index contributed by atoms with van der Waals surface area (Å²) in [6, 6.07) is 0. The van der Waals surface area contributed by atoms with Gasteiger partial charge in [0.05, 0.1) is 12.8 Å². The average molecular weight is 170 g/mol. The summed E-state index contributed by atoms with van der Waals surface area (Å²) in [5.74, 6) is 0. The Hall–Kier alpha value is -0.590. The minimum absolute atomic E-state index is 0.590. The highest BCUT2D eigenvalue weighted by Gasteiger charge is 2.36. The van der Waals surface area contributed by atoms with Crippen molar-refractivity contribution < 1.29 is 5.11 Å². The Kier molecular flexibility index (Phi) is 4.87. The smallest absolute Gasteiger partial charge is 0.324 e. The van der Waals surface area contributed by atoms with Crippen LogP contribution in [0.15, 0.2) is 0 Å². The van der Waals surface area contributed by atoms with E-state index < -0.39 is 5.72 Å². The molecule has 0 radical (unpaired) electrons. The normalized spacial score (nSPS) is 21.9. The van der Waals surface area contributed by atoms with E-state index in [0.29, 0.717) is 12.8 Å². The number of rotatable bonds is 0. The molecular formula is C9H18N2O. The van der Waals surface area contributed by atoms with Crippen molar-refractivity contribution in [2.24, 2.45) is 0 Å². The van der Waals surface area contributed by atoms with Gasteiger partial charge in [-0.05, 0) is 7.05 Å². The lowest BCUT2D eigenvalue weighted by atomic mass is 10.0. The van der Waals surface area contributed by atoms with E-state index in [1.165, 1.54) is 0 Å². The molecule has 0 spiro atoms. The first kappa shape index (κ1) is 11.4. The molecule has 1 saturated heterocycles. The molecule has 3 heteroatoms. The topological polar surface area (TPSA) is 27.8 Å². The van der Waals surface area contributed by atoms with Crippen LogP contribution < -0.4 is 0 Å². The molecular weight excluding hydrogens is 152 g/mol. The molecule has 0 aromatic rings. The molecule has 0 aromatic heterocycles. The Balaban J connectivity index is 0.000000561. The third kappa shape index (κ3) is 3.21. The largest absolute Gasteiger partial charge is 0.337 e. The van der Waals surface area contributed by atoms with E-state index in [2.05, 4.69) is 9.74 Å². The van der Waals surface area contributed by atoms with Crippen molar-refractivity contribution in [2.75, 3.05) is 20.1 Å². The number of nitrogens with zero attached hydrogens (tertiary/aromatic N) is 2. The zero-order valence-corrected chi connectivity index (χ0v) is 8.17. The summed E-state index contributed by atoms with van der Waals surface area (Å²) in [7, 11) is 2.00. The highest BCUT2D eigenvalue weighted by Crippen LogP contribution is 2.21. The van der Waals surface area contributed by atoms with Crippen molar-refractivity contribution in [1.82, 2.24) is 4.90 Å². The van der Waals surface area contributed by atoms with Crippen LogP contribution in [0.2, 0.25) is 0 Å². The van der Waals surface area contributed by atoms with Crippen LogP contribution in [-0.2, 0) is 0 Å². The fraction of sp³-hybridized carbons (Fsp3) is 0.889. The fourth-order valence-electron chi connectivity index (χ4n) is 1.09. The second kappa shape index (κ2) is 5.13. The zero-order chi connectivity index (χ0) is 9.61. The lowest BCUT2D eigenvalue weighted by molar-refractivity contribution is 0.0243. The lowest BCUT2D eigenvalue weighted by Gasteiger charge is -2.27. The van der Waals surface area contributed by atoms with E-state index in [-0.39, 0.29) is 0 Å². The van der Waals surface area contributed by atoms with E-state index >= 15 is 0 Å². The van der Waals surface area contributed by atoms with Crippen LogP contribution in [0.4, 0.5) is 0 Å². The van der Waals surface area contributed by atoms with Crippen molar-refractivity contribution >= 4 is 0 Å². The van der Waals surface area contributed by atoms with Gasteiger partial charge in [0.15, 0.2) is 0 Å². The molecule has 0 bridgehead atoms. The Labute approximate surface area is 74.8 Å². The van der Waals surface area contributed by atoms with Gasteiger partial charge in [0.25, 0.3) is 0 Å². The average Bonchev–Trinajstić information content (AvgIpc) is 2.14. The van der Waals surface area contributed by atoms with Crippen LogP contribution in [0.3, 0.4) is 0 Å². The molecule has 0 saturated carbocycles. The van der Waals surface area contributed by atoms with Gasteiger partial charge in [0.2, 0.25) is 0 Å². The third-order valence-corrected chi connectivity index (χ3v) is 2.00. The van der Waals surface area contributed by atoms with Gasteiger partial charge in [-0.2, -0.15) is 0 Å². The van der Waals surface area contributed by atoms with E-state index in [0.717, 1.165) is 13.1 Å². The Morgan fingerprint density at radius 3 is 2.08 bits per heavy atom. The molecule has 1 fully saturated rings. The zero-order valence-electron chi connectivity index (χ0n) is 8.17. The van der Waals surface area contributed by atoms with Crippen LogP contribution in [-0.4, -0.2) is 35.9 Å². The molecule has 0 atom stereocenters. The first-order valence-corrected chi connectivity index (χ1v) is 4.46. The van der Waals surface area contributed by atoms with Gasteiger partial charge in [0, 0.05) is 13.1 Å². The van der Waals surface area contributed by atoms with Crippen LogP contribution in [0.1, 0.15) is 26.7 Å². The monoisotopic (exact) mass is 170 g/mol. The van der Waals surface area contributed by atoms with E-state index in [9.17, 15) is 5.11 Å². The van der Waals surface area contributed by atoms with Crippen molar-refractivity contribution in [3.05, 3.63) is 11.4 Å². The molecule has 0 aromatic carbocycles. The van der Waals surface area contributed by atoms with E-state index in [1.54, 1.807) is 0 Å². The van der Waals surface area contributed by atoms with Crippen LogP contribution >= 0.6 is 0 Å². The maximum atomic E-state index is 9.42. The Morgan fingerprint density at radius 1 is 1.33 bits per heavy atom. The summed E-state index contributed by atoms with van der Waals surface area (Å²) in [6.45, 7) is 12.4. The van der Waals surface area contributed by atoms with E-state index in [1.807, 2.05) is 20.9 Å².